The third kappa shape index (κ3) is 2.22. The predicted octanol–water partition coefficient (Wildman–Crippen LogP) is 2.21. The van der Waals surface area contributed by atoms with Gasteiger partial charge in [-0.15, -0.1) is 11.3 Å². The monoisotopic (exact) mass is 261 g/mol. The van der Waals surface area contributed by atoms with Gasteiger partial charge in [0, 0.05) is 5.38 Å². The number of carbonyl (C=O) groups excluding carboxylic acids is 1. The van der Waals surface area contributed by atoms with Gasteiger partial charge in [0.05, 0.1) is 23.2 Å². The zero-order valence-corrected chi connectivity index (χ0v) is 10.3. The molecule has 2 unspecified atom stereocenters. The zero-order chi connectivity index (χ0) is 12.4. The summed E-state index contributed by atoms with van der Waals surface area (Å²) < 4.78 is 10.9. The summed E-state index contributed by atoms with van der Waals surface area (Å²) >= 11 is 1.52. The normalized spacial score (nSPS) is 25.3. The number of hydrogen-bond donors (Lipinski definition) is 0. The minimum Gasteiger partial charge on any atom is -0.491 e. The summed E-state index contributed by atoms with van der Waals surface area (Å²) in [4.78, 5) is 15.6. The van der Waals surface area contributed by atoms with Gasteiger partial charge < -0.3 is 9.47 Å². The zero-order valence-electron chi connectivity index (χ0n) is 9.48. The van der Waals surface area contributed by atoms with Crippen LogP contribution in [0, 0.1) is 5.92 Å². The van der Waals surface area contributed by atoms with E-state index in [-0.39, 0.29) is 18.0 Å². The summed E-state index contributed by atoms with van der Waals surface area (Å²) in [7, 11) is 0. The number of nitrogens with zero attached hydrogens (tertiary/aromatic N) is 1. The Hall–Kier alpha value is -1.88. The van der Waals surface area contributed by atoms with Crippen LogP contribution in [0.3, 0.4) is 0 Å². The van der Waals surface area contributed by atoms with Crippen LogP contribution in [0.5, 0.6) is 0 Å². The highest BCUT2D eigenvalue weighted by molar-refractivity contribution is 7.07. The molecule has 0 radical (unpaired) electrons. The maximum absolute atomic E-state index is 11.4. The second-order valence-corrected chi connectivity index (χ2v) is 4.73. The lowest BCUT2D eigenvalue weighted by Gasteiger charge is -2.29. The molecule has 1 aromatic rings. The highest BCUT2D eigenvalue weighted by Crippen LogP contribution is 2.29. The Labute approximate surface area is 108 Å². The summed E-state index contributed by atoms with van der Waals surface area (Å²) in [6.07, 6.45) is 8.80. The van der Waals surface area contributed by atoms with Crippen LogP contribution in [-0.2, 0) is 20.9 Å². The van der Waals surface area contributed by atoms with Crippen LogP contribution in [0.4, 0.5) is 0 Å². The van der Waals surface area contributed by atoms with Crippen molar-refractivity contribution in [1.82, 2.24) is 4.98 Å². The minimum absolute atomic E-state index is 0.0219. The second-order valence-electron chi connectivity index (χ2n) is 4.01. The van der Waals surface area contributed by atoms with Crippen molar-refractivity contribution in [2.24, 2.45) is 5.92 Å². The molecule has 18 heavy (non-hydrogen) atoms. The van der Waals surface area contributed by atoms with E-state index in [9.17, 15) is 4.79 Å². The maximum Gasteiger partial charge on any atom is 0.334 e. The van der Waals surface area contributed by atoms with Crippen LogP contribution < -0.4 is 0 Å². The largest absolute Gasteiger partial charge is 0.491 e. The first-order chi connectivity index (χ1) is 8.83. The molecule has 92 valence electrons. The lowest BCUT2D eigenvalue weighted by molar-refractivity contribution is -0.144. The first-order valence-electron chi connectivity index (χ1n) is 5.60. The number of rotatable bonds is 3. The fraction of sp³-hybridized carbons (Fsp3) is 0.231. The first-order valence-corrected chi connectivity index (χ1v) is 6.54. The van der Waals surface area contributed by atoms with Gasteiger partial charge in [-0.2, -0.15) is 0 Å². The fourth-order valence-corrected chi connectivity index (χ4v) is 2.48. The van der Waals surface area contributed by atoms with Crippen molar-refractivity contribution >= 4 is 17.3 Å². The topological polar surface area (TPSA) is 48.4 Å². The molecule has 2 atom stereocenters. The predicted molar refractivity (Wildman–Crippen MR) is 66.6 cm³/mol. The SMILES string of the molecule is O=C1C=C(OCc2cscn2)C2C=CC=CC2O1. The van der Waals surface area contributed by atoms with Crippen molar-refractivity contribution < 1.29 is 14.3 Å². The molecule has 4 nitrogen and oxygen atoms in total. The third-order valence-electron chi connectivity index (χ3n) is 2.80. The molecule has 0 aromatic carbocycles. The van der Waals surface area contributed by atoms with Crippen LogP contribution in [-0.4, -0.2) is 17.1 Å². The van der Waals surface area contributed by atoms with E-state index in [1.54, 1.807) is 5.51 Å². The molecule has 0 spiro atoms. The number of esters is 1. The van der Waals surface area contributed by atoms with E-state index < -0.39 is 0 Å². The Bertz CT molecular complexity index is 530. The molecule has 0 N–H and O–H groups in total. The van der Waals surface area contributed by atoms with E-state index in [1.807, 2.05) is 29.7 Å². The molecule has 1 aromatic heterocycles. The average Bonchev–Trinajstić information content (AvgIpc) is 2.89. The fourth-order valence-electron chi connectivity index (χ4n) is 1.94. The quantitative estimate of drug-likeness (QED) is 0.783. The van der Waals surface area contributed by atoms with Gasteiger partial charge in [0.15, 0.2) is 0 Å². The van der Waals surface area contributed by atoms with Crippen molar-refractivity contribution in [2.45, 2.75) is 12.7 Å². The van der Waals surface area contributed by atoms with Crippen molar-refractivity contribution in [3.63, 3.8) is 0 Å². The summed E-state index contributed by atoms with van der Waals surface area (Å²) in [5.74, 6) is 0.265. The molecule has 0 bridgehead atoms. The molecule has 0 saturated heterocycles. The molecular weight excluding hydrogens is 250 g/mol. The molecule has 2 heterocycles. The van der Waals surface area contributed by atoms with Crippen molar-refractivity contribution in [1.29, 1.82) is 0 Å². The molecule has 3 rings (SSSR count). The summed E-state index contributed by atoms with van der Waals surface area (Å²) in [5.41, 5.74) is 2.63. The molecule has 0 amide bonds. The summed E-state index contributed by atoms with van der Waals surface area (Å²) in [6, 6.07) is 0. The molecule has 2 aliphatic rings. The Morgan fingerprint density at radius 1 is 1.39 bits per heavy atom. The van der Waals surface area contributed by atoms with Crippen LogP contribution in [0.2, 0.25) is 0 Å². The molecular formula is C13H11NO3S. The van der Waals surface area contributed by atoms with Gasteiger partial charge in [-0.1, -0.05) is 18.2 Å². The number of aromatic nitrogens is 1. The van der Waals surface area contributed by atoms with E-state index in [4.69, 9.17) is 9.47 Å². The van der Waals surface area contributed by atoms with E-state index >= 15 is 0 Å². The van der Waals surface area contributed by atoms with Crippen molar-refractivity contribution in [2.75, 3.05) is 0 Å². The smallest absolute Gasteiger partial charge is 0.334 e. The Morgan fingerprint density at radius 2 is 2.28 bits per heavy atom. The van der Waals surface area contributed by atoms with Crippen molar-refractivity contribution in [3.05, 3.63) is 52.7 Å². The maximum atomic E-state index is 11.4. The van der Waals surface area contributed by atoms with Crippen LogP contribution >= 0.6 is 11.3 Å². The number of ether oxygens (including phenoxy) is 2. The lowest BCUT2D eigenvalue weighted by atomic mass is 9.93. The van der Waals surface area contributed by atoms with Crippen LogP contribution in [0.15, 0.2) is 47.0 Å². The average molecular weight is 261 g/mol. The molecule has 0 fully saturated rings. The van der Waals surface area contributed by atoms with Crippen molar-refractivity contribution in [3.8, 4) is 0 Å². The molecule has 1 aliphatic heterocycles. The van der Waals surface area contributed by atoms with Crippen LogP contribution in [0.1, 0.15) is 5.69 Å². The second kappa shape index (κ2) is 4.78. The molecule has 1 aliphatic carbocycles. The van der Waals surface area contributed by atoms with Gasteiger partial charge in [-0.3, -0.25) is 0 Å². The Morgan fingerprint density at radius 3 is 3.11 bits per heavy atom. The Balaban J connectivity index is 1.75. The van der Waals surface area contributed by atoms with E-state index in [2.05, 4.69) is 4.98 Å². The Kier molecular flexibility index (Phi) is 2.98. The van der Waals surface area contributed by atoms with Crippen LogP contribution in [0.25, 0.3) is 0 Å². The first kappa shape index (κ1) is 11.2. The summed E-state index contributed by atoms with van der Waals surface area (Å²) in [5, 5.41) is 1.93. The molecule has 0 saturated carbocycles. The standard InChI is InChI=1S/C13H11NO3S/c15-13-5-12(16-6-9-7-18-8-14-9)10-3-1-2-4-11(10)17-13/h1-5,7-8,10-11H,6H2. The van der Waals surface area contributed by atoms with Gasteiger partial charge in [-0.25, -0.2) is 9.78 Å². The van der Waals surface area contributed by atoms with Gasteiger partial charge in [0.1, 0.15) is 18.5 Å². The highest BCUT2D eigenvalue weighted by Gasteiger charge is 2.31. The van der Waals surface area contributed by atoms with Gasteiger partial charge in [0.25, 0.3) is 0 Å². The van der Waals surface area contributed by atoms with Gasteiger partial charge >= 0.3 is 5.97 Å². The number of allylic oxidation sites excluding steroid dienone is 2. The van der Waals surface area contributed by atoms with E-state index in [0.29, 0.717) is 12.4 Å². The van der Waals surface area contributed by atoms with E-state index in [1.165, 1.54) is 17.4 Å². The number of thiazole rings is 1. The lowest BCUT2D eigenvalue weighted by Crippen LogP contribution is -2.31. The number of fused-ring (bicyclic) bond motifs is 1. The molecule has 5 heteroatoms. The third-order valence-corrected chi connectivity index (χ3v) is 3.43. The number of hydrogen-bond acceptors (Lipinski definition) is 5. The number of carbonyl (C=O) groups is 1. The minimum atomic E-state index is -0.357. The van der Waals surface area contributed by atoms with Gasteiger partial charge in [-0.05, 0) is 6.08 Å². The summed E-state index contributed by atoms with van der Waals surface area (Å²) in [6.45, 7) is 0.378. The van der Waals surface area contributed by atoms with Gasteiger partial charge in [0.2, 0.25) is 0 Å². The highest BCUT2D eigenvalue weighted by atomic mass is 32.1. The van der Waals surface area contributed by atoms with E-state index in [0.717, 1.165) is 5.69 Å².